The Morgan fingerprint density at radius 1 is 1.35 bits per heavy atom. The summed E-state index contributed by atoms with van der Waals surface area (Å²) in [5.41, 5.74) is 0.850. The van der Waals surface area contributed by atoms with Crippen LogP contribution in [0.2, 0.25) is 0 Å². The molecule has 1 rings (SSSR count). The van der Waals surface area contributed by atoms with E-state index in [0.29, 0.717) is 0 Å². The van der Waals surface area contributed by atoms with Crippen molar-refractivity contribution in [2.45, 2.75) is 39.7 Å². The number of hydrogen-bond acceptors (Lipinski definition) is 2. The number of likely N-dealkylation sites (N-methyl/N-ethyl adjacent to an activating group) is 1. The smallest absolute Gasteiger partial charge is 0.123 e. The van der Waals surface area contributed by atoms with Crippen LogP contribution in [0, 0.1) is 12.7 Å². The lowest BCUT2D eigenvalue weighted by molar-refractivity contribution is 0.186. The van der Waals surface area contributed by atoms with Gasteiger partial charge in [-0.1, -0.05) is 20.3 Å². The fraction of sp³-hybridized carbons (Fsp3) is 0.571. The lowest BCUT2D eigenvalue weighted by Gasteiger charge is -2.20. The highest BCUT2D eigenvalue weighted by Gasteiger charge is 2.10. The second-order valence-electron chi connectivity index (χ2n) is 4.25. The SMILES string of the molecule is CCCC(CNCC)Oc1ccc(F)cc1C. The lowest BCUT2D eigenvalue weighted by atomic mass is 10.2. The van der Waals surface area contributed by atoms with Gasteiger partial charge in [0.2, 0.25) is 0 Å². The van der Waals surface area contributed by atoms with E-state index in [1.54, 1.807) is 6.07 Å². The summed E-state index contributed by atoms with van der Waals surface area (Å²) in [7, 11) is 0. The number of halogens is 1. The fourth-order valence-electron chi connectivity index (χ4n) is 1.75. The van der Waals surface area contributed by atoms with Gasteiger partial charge in [0.1, 0.15) is 17.7 Å². The molecule has 0 amide bonds. The van der Waals surface area contributed by atoms with Crippen molar-refractivity contribution < 1.29 is 9.13 Å². The molecule has 0 aliphatic rings. The van der Waals surface area contributed by atoms with Crippen molar-refractivity contribution in [1.29, 1.82) is 0 Å². The molecule has 0 saturated carbocycles. The first-order valence-electron chi connectivity index (χ1n) is 6.30. The van der Waals surface area contributed by atoms with Crippen molar-refractivity contribution in [1.82, 2.24) is 5.32 Å². The predicted octanol–water partition coefficient (Wildman–Crippen LogP) is 3.29. The van der Waals surface area contributed by atoms with Gasteiger partial charge in [-0.15, -0.1) is 0 Å². The minimum Gasteiger partial charge on any atom is -0.489 e. The summed E-state index contributed by atoms with van der Waals surface area (Å²) >= 11 is 0. The van der Waals surface area contributed by atoms with Crippen molar-refractivity contribution in [3.05, 3.63) is 29.6 Å². The average molecular weight is 239 g/mol. The Morgan fingerprint density at radius 2 is 2.12 bits per heavy atom. The highest BCUT2D eigenvalue weighted by atomic mass is 19.1. The molecule has 1 aromatic carbocycles. The van der Waals surface area contributed by atoms with Crippen molar-refractivity contribution in [3.8, 4) is 5.75 Å². The first-order valence-corrected chi connectivity index (χ1v) is 6.30. The van der Waals surface area contributed by atoms with Crippen molar-refractivity contribution in [2.24, 2.45) is 0 Å². The molecule has 0 spiro atoms. The molecule has 1 atom stereocenters. The van der Waals surface area contributed by atoms with Crippen LogP contribution in [0.3, 0.4) is 0 Å². The van der Waals surface area contributed by atoms with E-state index in [-0.39, 0.29) is 11.9 Å². The van der Waals surface area contributed by atoms with Crippen LogP contribution >= 0.6 is 0 Å². The topological polar surface area (TPSA) is 21.3 Å². The molecule has 0 heterocycles. The molecule has 1 unspecified atom stereocenters. The van der Waals surface area contributed by atoms with Gasteiger partial charge in [-0.05, 0) is 43.7 Å². The number of ether oxygens (including phenoxy) is 1. The van der Waals surface area contributed by atoms with E-state index in [2.05, 4.69) is 19.2 Å². The van der Waals surface area contributed by atoms with Crippen LogP contribution in [-0.4, -0.2) is 19.2 Å². The first kappa shape index (κ1) is 14.0. The summed E-state index contributed by atoms with van der Waals surface area (Å²) < 4.78 is 18.9. The molecule has 0 bridgehead atoms. The van der Waals surface area contributed by atoms with E-state index < -0.39 is 0 Å². The van der Waals surface area contributed by atoms with E-state index in [1.165, 1.54) is 12.1 Å². The Bertz CT molecular complexity index is 341. The average Bonchev–Trinajstić information content (AvgIpc) is 2.29. The quantitative estimate of drug-likeness (QED) is 0.788. The Kier molecular flexibility index (Phi) is 5.98. The summed E-state index contributed by atoms with van der Waals surface area (Å²) in [6, 6.07) is 4.66. The van der Waals surface area contributed by atoms with Gasteiger partial charge >= 0.3 is 0 Å². The van der Waals surface area contributed by atoms with Gasteiger partial charge in [-0.2, -0.15) is 0 Å². The summed E-state index contributed by atoms with van der Waals surface area (Å²) in [5, 5.41) is 3.29. The van der Waals surface area contributed by atoms with Gasteiger partial charge in [0, 0.05) is 6.54 Å². The maximum absolute atomic E-state index is 13.0. The maximum Gasteiger partial charge on any atom is 0.123 e. The summed E-state index contributed by atoms with van der Waals surface area (Å²) in [4.78, 5) is 0. The number of aryl methyl sites for hydroxylation is 1. The Labute approximate surface area is 103 Å². The minimum absolute atomic E-state index is 0.157. The maximum atomic E-state index is 13.0. The van der Waals surface area contributed by atoms with Crippen molar-refractivity contribution >= 4 is 0 Å². The monoisotopic (exact) mass is 239 g/mol. The van der Waals surface area contributed by atoms with E-state index in [4.69, 9.17) is 4.74 Å². The molecular weight excluding hydrogens is 217 g/mol. The van der Waals surface area contributed by atoms with Crippen LogP contribution in [0.4, 0.5) is 4.39 Å². The Morgan fingerprint density at radius 3 is 2.71 bits per heavy atom. The molecule has 3 heteroatoms. The molecule has 2 nitrogen and oxygen atoms in total. The van der Waals surface area contributed by atoms with Crippen LogP contribution in [-0.2, 0) is 0 Å². The standard InChI is InChI=1S/C14H22FNO/c1-4-6-13(10-16-5-2)17-14-8-7-12(15)9-11(14)3/h7-9,13,16H,4-6,10H2,1-3H3. The number of nitrogens with one attached hydrogen (secondary N) is 1. The van der Waals surface area contributed by atoms with Crippen LogP contribution in [0.25, 0.3) is 0 Å². The second-order valence-corrected chi connectivity index (χ2v) is 4.25. The van der Waals surface area contributed by atoms with E-state index in [1.807, 2.05) is 6.92 Å². The molecule has 0 aliphatic heterocycles. The second kappa shape index (κ2) is 7.28. The molecule has 17 heavy (non-hydrogen) atoms. The predicted molar refractivity (Wildman–Crippen MR) is 69.0 cm³/mol. The van der Waals surface area contributed by atoms with E-state index in [9.17, 15) is 4.39 Å². The minimum atomic E-state index is -0.214. The molecule has 0 aromatic heterocycles. The van der Waals surface area contributed by atoms with Crippen LogP contribution < -0.4 is 10.1 Å². The molecule has 0 saturated heterocycles. The zero-order valence-corrected chi connectivity index (χ0v) is 10.9. The molecule has 0 aliphatic carbocycles. The van der Waals surface area contributed by atoms with Gasteiger partial charge in [0.05, 0.1) is 0 Å². The van der Waals surface area contributed by atoms with Crippen LogP contribution in [0.15, 0.2) is 18.2 Å². The van der Waals surface area contributed by atoms with Gasteiger partial charge in [-0.25, -0.2) is 4.39 Å². The molecule has 1 N–H and O–H groups in total. The van der Waals surface area contributed by atoms with E-state index in [0.717, 1.165) is 37.2 Å². The zero-order chi connectivity index (χ0) is 12.7. The highest BCUT2D eigenvalue weighted by molar-refractivity contribution is 5.32. The summed E-state index contributed by atoms with van der Waals surface area (Å²) in [6.07, 6.45) is 2.24. The van der Waals surface area contributed by atoms with Crippen LogP contribution in [0.1, 0.15) is 32.3 Å². The molecular formula is C14H22FNO. The molecule has 0 fully saturated rings. The normalized spacial score (nSPS) is 12.5. The number of benzene rings is 1. The van der Waals surface area contributed by atoms with E-state index >= 15 is 0 Å². The molecule has 0 radical (unpaired) electrons. The summed E-state index contributed by atoms with van der Waals surface area (Å²) in [5.74, 6) is 0.566. The highest BCUT2D eigenvalue weighted by Crippen LogP contribution is 2.20. The zero-order valence-electron chi connectivity index (χ0n) is 10.9. The molecule has 1 aromatic rings. The lowest BCUT2D eigenvalue weighted by Crippen LogP contribution is -2.31. The van der Waals surface area contributed by atoms with Crippen molar-refractivity contribution in [3.63, 3.8) is 0 Å². The fourth-order valence-corrected chi connectivity index (χ4v) is 1.75. The Hall–Kier alpha value is -1.09. The van der Waals surface area contributed by atoms with Gasteiger partial charge in [0.25, 0.3) is 0 Å². The third-order valence-electron chi connectivity index (χ3n) is 2.66. The number of hydrogen-bond donors (Lipinski definition) is 1. The number of rotatable bonds is 7. The van der Waals surface area contributed by atoms with Gasteiger partial charge in [0.15, 0.2) is 0 Å². The van der Waals surface area contributed by atoms with Gasteiger partial charge < -0.3 is 10.1 Å². The molecule has 96 valence electrons. The van der Waals surface area contributed by atoms with Crippen molar-refractivity contribution in [2.75, 3.05) is 13.1 Å². The largest absolute Gasteiger partial charge is 0.489 e. The Balaban J connectivity index is 2.64. The third kappa shape index (κ3) is 4.73. The van der Waals surface area contributed by atoms with Gasteiger partial charge in [-0.3, -0.25) is 0 Å². The third-order valence-corrected chi connectivity index (χ3v) is 2.66. The summed E-state index contributed by atoms with van der Waals surface area (Å²) in [6.45, 7) is 7.85. The first-order chi connectivity index (χ1) is 8.17. The van der Waals surface area contributed by atoms with Crippen LogP contribution in [0.5, 0.6) is 5.75 Å².